The van der Waals surface area contributed by atoms with Crippen molar-refractivity contribution < 1.29 is 13.2 Å². The molecule has 0 radical (unpaired) electrons. The zero-order valence-corrected chi connectivity index (χ0v) is 12.4. The molecular weight excluding hydrogens is 283 g/mol. The number of alkyl halides is 3. The summed E-state index contributed by atoms with van der Waals surface area (Å²) in [6, 6.07) is 5.78. The molecule has 2 atom stereocenters. The molecule has 2 rings (SSSR count). The molecule has 1 fully saturated rings. The van der Waals surface area contributed by atoms with Gasteiger partial charge in [-0.15, -0.1) is 0 Å². The maximum Gasteiger partial charge on any atom is 0.416 e. The first kappa shape index (κ1) is 15.7. The Kier molecular flexibility index (Phi) is 5.38. The second-order valence-electron chi connectivity index (χ2n) is 5.11. The molecule has 1 aromatic rings. The van der Waals surface area contributed by atoms with Gasteiger partial charge in [0.25, 0.3) is 0 Å². The molecule has 1 heterocycles. The molecule has 20 heavy (non-hydrogen) atoms. The fraction of sp³-hybridized carbons (Fsp3) is 0.600. The van der Waals surface area contributed by atoms with Crippen LogP contribution in [0.15, 0.2) is 24.3 Å². The van der Waals surface area contributed by atoms with Gasteiger partial charge in [-0.05, 0) is 49.3 Å². The fourth-order valence-corrected chi connectivity index (χ4v) is 3.95. The highest BCUT2D eigenvalue weighted by molar-refractivity contribution is 8.00. The molecule has 0 spiro atoms. The third-order valence-electron chi connectivity index (χ3n) is 3.52. The van der Waals surface area contributed by atoms with Crippen LogP contribution in [0.1, 0.15) is 43.4 Å². The summed E-state index contributed by atoms with van der Waals surface area (Å²) in [6.07, 6.45) is -1.07. The van der Waals surface area contributed by atoms with Crippen LogP contribution < -0.4 is 5.32 Å². The predicted octanol–water partition coefficient (Wildman–Crippen LogP) is 4.64. The number of hydrogen-bond acceptors (Lipinski definition) is 2. The van der Waals surface area contributed by atoms with E-state index >= 15 is 0 Å². The molecular formula is C15H20F3NS. The lowest BCUT2D eigenvalue weighted by atomic mass is 9.98. The molecule has 2 unspecified atom stereocenters. The van der Waals surface area contributed by atoms with Crippen molar-refractivity contribution in [2.45, 2.75) is 43.7 Å². The van der Waals surface area contributed by atoms with Gasteiger partial charge >= 0.3 is 6.18 Å². The summed E-state index contributed by atoms with van der Waals surface area (Å²) in [4.78, 5) is 0. The first-order valence-corrected chi connectivity index (χ1v) is 8.09. The van der Waals surface area contributed by atoms with Crippen LogP contribution in [0.3, 0.4) is 0 Å². The van der Waals surface area contributed by atoms with Crippen molar-refractivity contribution in [3.63, 3.8) is 0 Å². The van der Waals surface area contributed by atoms with Crippen LogP contribution in [-0.2, 0) is 6.18 Å². The highest BCUT2D eigenvalue weighted by Crippen LogP contribution is 2.38. The lowest BCUT2D eigenvalue weighted by Gasteiger charge is -2.25. The highest BCUT2D eigenvalue weighted by Gasteiger charge is 2.32. The standard InChI is InChI=1S/C15H20F3NS/c1-2-8-19-14(13-7-4-9-20-13)11-5-3-6-12(10-11)15(16,17)18/h3,5-6,10,13-14,19H,2,4,7-9H2,1H3. The Hall–Kier alpha value is -0.680. The third-order valence-corrected chi connectivity index (χ3v) is 4.98. The largest absolute Gasteiger partial charge is 0.416 e. The van der Waals surface area contributed by atoms with E-state index in [4.69, 9.17) is 0 Å². The van der Waals surface area contributed by atoms with Crippen LogP contribution in [0.2, 0.25) is 0 Å². The number of halogens is 3. The molecule has 5 heteroatoms. The van der Waals surface area contributed by atoms with Crippen LogP contribution in [-0.4, -0.2) is 17.5 Å². The molecule has 1 aliphatic rings. The second kappa shape index (κ2) is 6.85. The van der Waals surface area contributed by atoms with Gasteiger partial charge in [-0.3, -0.25) is 0 Å². The number of hydrogen-bond donors (Lipinski definition) is 1. The van der Waals surface area contributed by atoms with Crippen LogP contribution in [0.5, 0.6) is 0 Å². The van der Waals surface area contributed by atoms with E-state index < -0.39 is 11.7 Å². The van der Waals surface area contributed by atoms with Gasteiger partial charge in [0, 0.05) is 11.3 Å². The van der Waals surface area contributed by atoms with E-state index in [-0.39, 0.29) is 6.04 Å². The summed E-state index contributed by atoms with van der Waals surface area (Å²) in [6.45, 7) is 2.90. The van der Waals surface area contributed by atoms with E-state index in [2.05, 4.69) is 12.2 Å². The van der Waals surface area contributed by atoms with Gasteiger partial charge in [-0.25, -0.2) is 0 Å². The fourth-order valence-electron chi connectivity index (χ4n) is 2.54. The molecule has 112 valence electrons. The number of nitrogens with one attached hydrogen (secondary N) is 1. The van der Waals surface area contributed by atoms with Gasteiger partial charge in [0.15, 0.2) is 0 Å². The maximum atomic E-state index is 12.8. The molecule has 1 nitrogen and oxygen atoms in total. The summed E-state index contributed by atoms with van der Waals surface area (Å²) >= 11 is 1.87. The summed E-state index contributed by atoms with van der Waals surface area (Å²) in [5.41, 5.74) is 0.203. The van der Waals surface area contributed by atoms with Gasteiger partial charge in [0.05, 0.1) is 5.56 Å². The number of rotatable bonds is 5. The first-order chi connectivity index (χ1) is 9.52. The maximum absolute atomic E-state index is 12.8. The lowest BCUT2D eigenvalue weighted by Crippen LogP contribution is -2.30. The summed E-state index contributed by atoms with van der Waals surface area (Å²) in [5, 5.41) is 3.80. The van der Waals surface area contributed by atoms with E-state index in [0.717, 1.165) is 43.2 Å². The Morgan fingerprint density at radius 2 is 2.20 bits per heavy atom. The molecule has 1 aliphatic heterocycles. The van der Waals surface area contributed by atoms with Crippen molar-refractivity contribution in [1.29, 1.82) is 0 Å². The van der Waals surface area contributed by atoms with E-state index in [0.29, 0.717) is 5.25 Å². The highest BCUT2D eigenvalue weighted by atomic mass is 32.2. The molecule has 1 N–H and O–H groups in total. The van der Waals surface area contributed by atoms with Crippen LogP contribution in [0, 0.1) is 0 Å². The van der Waals surface area contributed by atoms with Gasteiger partial charge in [-0.1, -0.05) is 19.1 Å². The number of benzene rings is 1. The monoisotopic (exact) mass is 303 g/mol. The minimum absolute atomic E-state index is 0.0183. The normalized spacial score (nSPS) is 21.1. The number of thioether (sulfide) groups is 1. The Bertz CT molecular complexity index is 427. The average Bonchev–Trinajstić information content (AvgIpc) is 2.92. The lowest BCUT2D eigenvalue weighted by molar-refractivity contribution is -0.137. The van der Waals surface area contributed by atoms with Gasteiger partial charge in [0.2, 0.25) is 0 Å². The zero-order chi connectivity index (χ0) is 14.6. The van der Waals surface area contributed by atoms with Crippen LogP contribution in [0.4, 0.5) is 13.2 Å². The molecule has 0 amide bonds. The minimum atomic E-state index is -4.27. The van der Waals surface area contributed by atoms with Gasteiger partial charge in [-0.2, -0.15) is 24.9 Å². The average molecular weight is 303 g/mol. The van der Waals surface area contributed by atoms with Crippen molar-refractivity contribution in [3.8, 4) is 0 Å². The van der Waals surface area contributed by atoms with Crippen LogP contribution >= 0.6 is 11.8 Å². The summed E-state index contributed by atoms with van der Waals surface area (Å²) in [7, 11) is 0. The summed E-state index contributed by atoms with van der Waals surface area (Å²) < 4.78 is 38.5. The van der Waals surface area contributed by atoms with E-state index in [9.17, 15) is 13.2 Å². The van der Waals surface area contributed by atoms with Crippen LogP contribution in [0.25, 0.3) is 0 Å². The Morgan fingerprint density at radius 3 is 2.80 bits per heavy atom. The minimum Gasteiger partial charge on any atom is -0.309 e. The van der Waals surface area contributed by atoms with Crippen molar-refractivity contribution in [1.82, 2.24) is 5.32 Å². The predicted molar refractivity (Wildman–Crippen MR) is 78.0 cm³/mol. The van der Waals surface area contributed by atoms with Crippen molar-refractivity contribution in [2.75, 3.05) is 12.3 Å². The molecule has 0 saturated carbocycles. The van der Waals surface area contributed by atoms with E-state index in [1.165, 1.54) is 12.1 Å². The first-order valence-electron chi connectivity index (χ1n) is 7.04. The van der Waals surface area contributed by atoms with Gasteiger partial charge in [0.1, 0.15) is 0 Å². The topological polar surface area (TPSA) is 12.0 Å². The van der Waals surface area contributed by atoms with Crippen molar-refractivity contribution in [3.05, 3.63) is 35.4 Å². The molecule has 1 aromatic carbocycles. The Morgan fingerprint density at radius 1 is 1.40 bits per heavy atom. The van der Waals surface area contributed by atoms with Gasteiger partial charge < -0.3 is 5.32 Å². The van der Waals surface area contributed by atoms with Crippen molar-refractivity contribution >= 4 is 11.8 Å². The molecule has 0 aromatic heterocycles. The quantitative estimate of drug-likeness (QED) is 0.850. The third kappa shape index (κ3) is 3.92. The Balaban J connectivity index is 2.23. The van der Waals surface area contributed by atoms with E-state index in [1.54, 1.807) is 6.07 Å². The molecule has 0 bridgehead atoms. The zero-order valence-electron chi connectivity index (χ0n) is 11.5. The Labute approximate surface area is 122 Å². The van der Waals surface area contributed by atoms with Crippen molar-refractivity contribution in [2.24, 2.45) is 0 Å². The SMILES string of the molecule is CCCNC(c1cccc(C(F)(F)F)c1)C1CCCS1. The summed E-state index contributed by atoms with van der Waals surface area (Å²) in [5.74, 6) is 1.11. The second-order valence-corrected chi connectivity index (χ2v) is 6.45. The molecule has 1 saturated heterocycles. The van der Waals surface area contributed by atoms with E-state index in [1.807, 2.05) is 11.8 Å². The smallest absolute Gasteiger partial charge is 0.309 e. The molecule has 0 aliphatic carbocycles.